The van der Waals surface area contributed by atoms with E-state index in [4.69, 9.17) is 0 Å². The fourth-order valence-corrected chi connectivity index (χ4v) is 2.98. The van der Waals surface area contributed by atoms with Crippen LogP contribution in [0, 0.1) is 13.8 Å². The molecule has 0 atom stereocenters. The molecule has 0 radical (unpaired) electrons. The van der Waals surface area contributed by atoms with Gasteiger partial charge in [-0.1, -0.05) is 36.4 Å². The maximum absolute atomic E-state index is 3.51. The molecule has 20 heavy (non-hydrogen) atoms. The SMILES string of the molecule is Cc1cccc(C)c1CN1CCNCc2ccccc21. The summed E-state index contributed by atoms with van der Waals surface area (Å²) in [5, 5.41) is 3.51. The smallest absolute Gasteiger partial charge is 0.0435 e. The van der Waals surface area contributed by atoms with Crippen LogP contribution in [0.3, 0.4) is 0 Å². The molecule has 0 spiro atoms. The molecule has 0 saturated heterocycles. The van der Waals surface area contributed by atoms with Crippen molar-refractivity contribution in [1.29, 1.82) is 0 Å². The first kappa shape index (κ1) is 13.2. The summed E-state index contributed by atoms with van der Waals surface area (Å²) in [4.78, 5) is 2.50. The molecule has 3 rings (SSSR count). The van der Waals surface area contributed by atoms with Crippen LogP contribution >= 0.6 is 0 Å². The number of rotatable bonds is 2. The highest BCUT2D eigenvalue weighted by Crippen LogP contribution is 2.25. The summed E-state index contributed by atoms with van der Waals surface area (Å²) < 4.78 is 0. The van der Waals surface area contributed by atoms with Crippen molar-refractivity contribution in [1.82, 2.24) is 5.32 Å². The number of hydrogen-bond donors (Lipinski definition) is 1. The number of aryl methyl sites for hydroxylation is 2. The van der Waals surface area contributed by atoms with E-state index in [2.05, 4.69) is 66.5 Å². The number of nitrogens with one attached hydrogen (secondary N) is 1. The molecule has 2 nitrogen and oxygen atoms in total. The van der Waals surface area contributed by atoms with Crippen LogP contribution in [0.15, 0.2) is 42.5 Å². The number of nitrogens with zero attached hydrogens (tertiary/aromatic N) is 1. The minimum atomic E-state index is 0.972. The van der Waals surface area contributed by atoms with Crippen LogP contribution in [0.25, 0.3) is 0 Å². The largest absolute Gasteiger partial charge is 0.366 e. The Morgan fingerprint density at radius 2 is 1.75 bits per heavy atom. The van der Waals surface area contributed by atoms with Crippen molar-refractivity contribution < 1.29 is 0 Å². The fourth-order valence-electron chi connectivity index (χ4n) is 2.98. The predicted molar refractivity (Wildman–Crippen MR) is 85.1 cm³/mol. The zero-order valence-electron chi connectivity index (χ0n) is 12.3. The van der Waals surface area contributed by atoms with E-state index in [0.717, 1.165) is 26.2 Å². The number of para-hydroxylation sites is 1. The van der Waals surface area contributed by atoms with Gasteiger partial charge in [-0.15, -0.1) is 0 Å². The molecule has 0 aliphatic carbocycles. The molecule has 0 saturated carbocycles. The van der Waals surface area contributed by atoms with Crippen LogP contribution in [0.2, 0.25) is 0 Å². The maximum atomic E-state index is 3.51. The van der Waals surface area contributed by atoms with E-state index in [9.17, 15) is 0 Å². The zero-order chi connectivity index (χ0) is 13.9. The Hall–Kier alpha value is -1.80. The average molecular weight is 266 g/mol. The molecule has 1 aliphatic rings. The highest BCUT2D eigenvalue weighted by molar-refractivity contribution is 5.55. The van der Waals surface area contributed by atoms with E-state index in [1.807, 2.05) is 0 Å². The van der Waals surface area contributed by atoms with Crippen LogP contribution in [-0.2, 0) is 13.1 Å². The monoisotopic (exact) mass is 266 g/mol. The van der Waals surface area contributed by atoms with Gasteiger partial charge >= 0.3 is 0 Å². The van der Waals surface area contributed by atoms with Gasteiger partial charge in [0.05, 0.1) is 0 Å². The summed E-state index contributed by atoms with van der Waals surface area (Å²) in [5.74, 6) is 0. The van der Waals surface area contributed by atoms with Crippen molar-refractivity contribution in [2.75, 3.05) is 18.0 Å². The van der Waals surface area contributed by atoms with E-state index >= 15 is 0 Å². The number of anilines is 1. The average Bonchev–Trinajstić information content (AvgIpc) is 2.66. The first-order valence-electron chi connectivity index (χ1n) is 7.34. The van der Waals surface area contributed by atoms with Crippen molar-refractivity contribution in [3.8, 4) is 0 Å². The van der Waals surface area contributed by atoms with E-state index < -0.39 is 0 Å². The fraction of sp³-hybridized carbons (Fsp3) is 0.333. The molecule has 0 amide bonds. The van der Waals surface area contributed by atoms with Crippen molar-refractivity contribution in [2.24, 2.45) is 0 Å². The second-order valence-electron chi connectivity index (χ2n) is 5.60. The standard InChI is InChI=1S/C18H22N2/c1-14-6-5-7-15(2)17(14)13-20-11-10-19-12-16-8-3-4-9-18(16)20/h3-9,19H,10-13H2,1-2H3. The van der Waals surface area contributed by atoms with Gasteiger partial charge in [-0.2, -0.15) is 0 Å². The van der Waals surface area contributed by atoms with Gasteiger partial charge in [-0.3, -0.25) is 0 Å². The van der Waals surface area contributed by atoms with Crippen LogP contribution < -0.4 is 10.2 Å². The van der Waals surface area contributed by atoms with Crippen molar-refractivity contribution in [3.05, 3.63) is 64.7 Å². The topological polar surface area (TPSA) is 15.3 Å². The lowest BCUT2D eigenvalue weighted by Gasteiger charge is -2.26. The highest BCUT2D eigenvalue weighted by atomic mass is 15.2. The molecular formula is C18H22N2. The predicted octanol–water partition coefficient (Wildman–Crippen LogP) is 3.41. The third kappa shape index (κ3) is 2.56. The number of benzene rings is 2. The van der Waals surface area contributed by atoms with E-state index in [0.29, 0.717) is 0 Å². The van der Waals surface area contributed by atoms with Crippen LogP contribution in [-0.4, -0.2) is 13.1 Å². The molecule has 0 bridgehead atoms. The van der Waals surface area contributed by atoms with Gasteiger partial charge in [0, 0.05) is 31.9 Å². The second-order valence-corrected chi connectivity index (χ2v) is 5.60. The lowest BCUT2D eigenvalue weighted by molar-refractivity contribution is 0.687. The Balaban J connectivity index is 1.94. The van der Waals surface area contributed by atoms with E-state index in [-0.39, 0.29) is 0 Å². The van der Waals surface area contributed by atoms with Crippen molar-refractivity contribution >= 4 is 5.69 Å². The quantitative estimate of drug-likeness (QED) is 0.896. The summed E-state index contributed by atoms with van der Waals surface area (Å²) in [6.07, 6.45) is 0. The van der Waals surface area contributed by atoms with Gasteiger partial charge in [0.25, 0.3) is 0 Å². The molecule has 2 aromatic rings. The first-order valence-corrected chi connectivity index (χ1v) is 7.34. The molecule has 2 aromatic carbocycles. The maximum Gasteiger partial charge on any atom is 0.0435 e. The van der Waals surface area contributed by atoms with Gasteiger partial charge in [-0.05, 0) is 42.2 Å². The summed E-state index contributed by atoms with van der Waals surface area (Å²) in [7, 11) is 0. The molecule has 104 valence electrons. The Bertz CT molecular complexity index is 584. The number of fused-ring (bicyclic) bond motifs is 1. The van der Waals surface area contributed by atoms with Crippen LogP contribution in [0.4, 0.5) is 5.69 Å². The van der Waals surface area contributed by atoms with Crippen LogP contribution in [0.1, 0.15) is 22.3 Å². The first-order chi connectivity index (χ1) is 9.75. The third-order valence-corrected chi connectivity index (χ3v) is 4.20. The molecule has 1 aliphatic heterocycles. The lowest BCUT2D eigenvalue weighted by Crippen LogP contribution is -2.28. The molecular weight excluding hydrogens is 244 g/mol. The van der Waals surface area contributed by atoms with Crippen molar-refractivity contribution in [2.45, 2.75) is 26.9 Å². The summed E-state index contributed by atoms with van der Waals surface area (Å²) >= 11 is 0. The number of hydrogen-bond acceptors (Lipinski definition) is 2. The Labute approximate surface area is 121 Å². The van der Waals surface area contributed by atoms with Gasteiger partial charge in [0.1, 0.15) is 0 Å². The minimum absolute atomic E-state index is 0.972. The van der Waals surface area contributed by atoms with Gasteiger partial charge in [0.15, 0.2) is 0 Å². The molecule has 0 aromatic heterocycles. The normalized spacial score (nSPS) is 14.8. The van der Waals surface area contributed by atoms with E-state index in [1.165, 1.54) is 27.9 Å². The molecule has 1 N–H and O–H groups in total. The molecule has 0 unspecified atom stereocenters. The van der Waals surface area contributed by atoms with E-state index in [1.54, 1.807) is 0 Å². The highest BCUT2D eigenvalue weighted by Gasteiger charge is 2.16. The minimum Gasteiger partial charge on any atom is -0.366 e. The summed E-state index contributed by atoms with van der Waals surface area (Å²) in [6, 6.07) is 15.3. The summed E-state index contributed by atoms with van der Waals surface area (Å²) in [5.41, 5.74) is 7.01. The van der Waals surface area contributed by atoms with Crippen LogP contribution in [0.5, 0.6) is 0 Å². The molecule has 1 heterocycles. The van der Waals surface area contributed by atoms with Gasteiger partial charge in [0.2, 0.25) is 0 Å². The van der Waals surface area contributed by atoms with Crippen molar-refractivity contribution in [3.63, 3.8) is 0 Å². The van der Waals surface area contributed by atoms with Gasteiger partial charge < -0.3 is 10.2 Å². The lowest BCUT2D eigenvalue weighted by atomic mass is 10.0. The Morgan fingerprint density at radius 1 is 1.00 bits per heavy atom. The van der Waals surface area contributed by atoms with Gasteiger partial charge in [-0.25, -0.2) is 0 Å². The third-order valence-electron chi connectivity index (χ3n) is 4.20. The zero-order valence-corrected chi connectivity index (χ0v) is 12.3. The molecule has 2 heteroatoms. The second kappa shape index (κ2) is 5.68. The summed E-state index contributed by atoms with van der Waals surface area (Å²) in [6.45, 7) is 8.50. The Morgan fingerprint density at radius 3 is 2.55 bits per heavy atom. The Kier molecular flexibility index (Phi) is 3.75. The molecule has 0 fully saturated rings.